The van der Waals surface area contributed by atoms with Crippen LogP contribution in [0.25, 0.3) is 0 Å². The minimum Gasteiger partial charge on any atom is -0.358 e. The van der Waals surface area contributed by atoms with Gasteiger partial charge in [0.15, 0.2) is 0 Å². The van der Waals surface area contributed by atoms with Crippen molar-refractivity contribution >= 4 is 11.8 Å². The van der Waals surface area contributed by atoms with E-state index in [9.17, 15) is 9.59 Å². The van der Waals surface area contributed by atoms with Gasteiger partial charge in [-0.25, -0.2) is 0 Å². The summed E-state index contributed by atoms with van der Waals surface area (Å²) in [4.78, 5) is 27.2. The second kappa shape index (κ2) is 6.15. The highest BCUT2D eigenvalue weighted by Gasteiger charge is 2.32. The van der Waals surface area contributed by atoms with Crippen LogP contribution in [-0.4, -0.2) is 66.9 Å². The van der Waals surface area contributed by atoms with E-state index in [1.165, 1.54) is 0 Å². The van der Waals surface area contributed by atoms with Crippen molar-refractivity contribution in [3.8, 4) is 0 Å². The van der Waals surface area contributed by atoms with Gasteiger partial charge in [-0.1, -0.05) is 6.92 Å². The van der Waals surface area contributed by atoms with Crippen molar-refractivity contribution in [3.05, 3.63) is 0 Å². The number of piperazine rings is 1. The fraction of sp³-hybridized carbons (Fsp3) is 0.833. The van der Waals surface area contributed by atoms with Crippen molar-refractivity contribution in [1.82, 2.24) is 15.1 Å². The number of nitrogens with zero attached hydrogens (tertiary/aromatic N) is 2. The molecule has 104 valence electrons. The first kappa shape index (κ1) is 14.9. The molecule has 1 saturated heterocycles. The summed E-state index contributed by atoms with van der Waals surface area (Å²) in [6, 6.07) is 0. The van der Waals surface area contributed by atoms with Gasteiger partial charge < -0.3 is 16.0 Å². The number of likely N-dealkylation sites (N-methyl/N-ethyl adjacent to an activating group) is 1. The maximum absolute atomic E-state index is 12.1. The molecule has 0 saturated carbocycles. The molecule has 1 aliphatic heterocycles. The van der Waals surface area contributed by atoms with Gasteiger partial charge in [0.1, 0.15) is 0 Å². The maximum Gasteiger partial charge on any atom is 0.242 e. The largest absolute Gasteiger partial charge is 0.358 e. The van der Waals surface area contributed by atoms with Crippen LogP contribution in [0.1, 0.15) is 20.3 Å². The Labute approximate surface area is 108 Å². The van der Waals surface area contributed by atoms with Crippen molar-refractivity contribution < 1.29 is 9.59 Å². The van der Waals surface area contributed by atoms with E-state index in [1.54, 1.807) is 18.9 Å². The third-order valence-corrected chi connectivity index (χ3v) is 3.53. The van der Waals surface area contributed by atoms with Gasteiger partial charge in [0.05, 0.1) is 12.1 Å². The SMILES string of the molecule is CCC(C)(N)C(=O)N1CCN(CC(=O)NC)CC1. The second-order valence-electron chi connectivity index (χ2n) is 5.01. The molecule has 1 unspecified atom stereocenters. The zero-order valence-corrected chi connectivity index (χ0v) is 11.5. The lowest BCUT2D eigenvalue weighted by atomic mass is 9.98. The lowest BCUT2D eigenvalue weighted by molar-refractivity contribution is -0.138. The summed E-state index contributed by atoms with van der Waals surface area (Å²) in [5, 5.41) is 2.60. The van der Waals surface area contributed by atoms with Gasteiger partial charge in [0, 0.05) is 33.2 Å². The normalized spacial score (nSPS) is 20.3. The fourth-order valence-corrected chi connectivity index (χ4v) is 1.90. The Morgan fingerprint density at radius 2 is 1.83 bits per heavy atom. The standard InChI is InChI=1S/C12H24N4O2/c1-4-12(2,13)11(18)16-7-5-15(6-8-16)9-10(17)14-3/h4-9,13H2,1-3H3,(H,14,17). The molecule has 0 aromatic rings. The summed E-state index contributed by atoms with van der Waals surface area (Å²) in [6.45, 7) is 6.81. The van der Waals surface area contributed by atoms with Crippen LogP contribution in [0.5, 0.6) is 0 Å². The van der Waals surface area contributed by atoms with Crippen LogP contribution in [0.15, 0.2) is 0 Å². The Morgan fingerprint density at radius 3 is 2.28 bits per heavy atom. The monoisotopic (exact) mass is 256 g/mol. The van der Waals surface area contributed by atoms with Gasteiger partial charge in [-0.3, -0.25) is 14.5 Å². The maximum atomic E-state index is 12.1. The number of carbonyl (C=O) groups excluding carboxylic acids is 2. The molecule has 1 rings (SSSR count). The zero-order chi connectivity index (χ0) is 13.8. The Hall–Kier alpha value is -1.14. The summed E-state index contributed by atoms with van der Waals surface area (Å²) in [7, 11) is 1.63. The lowest BCUT2D eigenvalue weighted by Crippen LogP contribution is -2.58. The van der Waals surface area contributed by atoms with Crippen LogP contribution < -0.4 is 11.1 Å². The smallest absolute Gasteiger partial charge is 0.242 e. The Kier molecular flexibility index (Phi) is 5.10. The molecule has 18 heavy (non-hydrogen) atoms. The Bertz CT molecular complexity index is 309. The quantitative estimate of drug-likeness (QED) is 0.676. The molecule has 1 fully saturated rings. The summed E-state index contributed by atoms with van der Waals surface area (Å²) in [6.07, 6.45) is 0.629. The molecule has 6 heteroatoms. The van der Waals surface area contributed by atoms with Crippen LogP contribution in [0.2, 0.25) is 0 Å². The van der Waals surface area contributed by atoms with Crippen LogP contribution in [0.3, 0.4) is 0 Å². The van der Waals surface area contributed by atoms with E-state index in [0.29, 0.717) is 26.1 Å². The molecule has 2 amide bonds. The lowest BCUT2D eigenvalue weighted by Gasteiger charge is -2.37. The van der Waals surface area contributed by atoms with Crippen LogP contribution in [0.4, 0.5) is 0 Å². The number of hydrogen-bond acceptors (Lipinski definition) is 4. The van der Waals surface area contributed by atoms with E-state index in [2.05, 4.69) is 5.32 Å². The molecule has 6 nitrogen and oxygen atoms in total. The van der Waals surface area contributed by atoms with Gasteiger partial charge in [0.2, 0.25) is 11.8 Å². The van der Waals surface area contributed by atoms with Crippen molar-refractivity contribution in [3.63, 3.8) is 0 Å². The van der Waals surface area contributed by atoms with Crippen molar-refractivity contribution in [1.29, 1.82) is 0 Å². The predicted octanol–water partition coefficient (Wildman–Crippen LogP) is -0.996. The fourth-order valence-electron chi connectivity index (χ4n) is 1.90. The third-order valence-electron chi connectivity index (χ3n) is 3.53. The number of nitrogens with one attached hydrogen (secondary N) is 1. The van der Waals surface area contributed by atoms with Gasteiger partial charge in [-0.2, -0.15) is 0 Å². The molecule has 0 bridgehead atoms. The summed E-state index contributed by atoms with van der Waals surface area (Å²) < 4.78 is 0. The number of hydrogen-bond donors (Lipinski definition) is 2. The summed E-state index contributed by atoms with van der Waals surface area (Å²) in [5.41, 5.74) is 5.18. The number of carbonyl (C=O) groups is 2. The van der Waals surface area contributed by atoms with E-state index in [1.807, 2.05) is 11.8 Å². The highest BCUT2D eigenvalue weighted by Crippen LogP contribution is 2.12. The second-order valence-corrected chi connectivity index (χ2v) is 5.01. The molecular formula is C12H24N4O2. The zero-order valence-electron chi connectivity index (χ0n) is 11.5. The van der Waals surface area contributed by atoms with Gasteiger partial charge in [0.25, 0.3) is 0 Å². The van der Waals surface area contributed by atoms with Gasteiger partial charge in [-0.15, -0.1) is 0 Å². The average Bonchev–Trinajstić information content (AvgIpc) is 2.38. The summed E-state index contributed by atoms with van der Waals surface area (Å²) in [5.74, 6) is 0.0107. The molecule has 1 atom stereocenters. The average molecular weight is 256 g/mol. The van der Waals surface area contributed by atoms with Crippen LogP contribution >= 0.6 is 0 Å². The summed E-state index contributed by atoms with van der Waals surface area (Å²) >= 11 is 0. The predicted molar refractivity (Wildman–Crippen MR) is 70.0 cm³/mol. The molecule has 1 aliphatic rings. The molecule has 0 aromatic heterocycles. The highest BCUT2D eigenvalue weighted by molar-refractivity contribution is 5.85. The first-order chi connectivity index (χ1) is 8.40. The van der Waals surface area contributed by atoms with E-state index in [0.717, 1.165) is 13.1 Å². The first-order valence-electron chi connectivity index (χ1n) is 6.42. The number of nitrogens with two attached hydrogens (primary N) is 1. The van der Waals surface area contributed by atoms with Gasteiger partial charge >= 0.3 is 0 Å². The number of amides is 2. The van der Waals surface area contributed by atoms with Crippen LogP contribution in [0, 0.1) is 0 Å². The molecule has 1 heterocycles. The Balaban J connectivity index is 2.44. The van der Waals surface area contributed by atoms with E-state index in [-0.39, 0.29) is 11.8 Å². The Morgan fingerprint density at radius 1 is 1.28 bits per heavy atom. The van der Waals surface area contributed by atoms with Crippen LogP contribution in [-0.2, 0) is 9.59 Å². The van der Waals surface area contributed by atoms with Crippen molar-refractivity contribution in [2.24, 2.45) is 5.73 Å². The van der Waals surface area contributed by atoms with Gasteiger partial charge in [-0.05, 0) is 13.3 Å². The van der Waals surface area contributed by atoms with Crippen molar-refractivity contribution in [2.75, 3.05) is 39.8 Å². The molecule has 0 aromatic carbocycles. The molecule has 3 N–H and O–H groups in total. The molecule has 0 radical (unpaired) electrons. The number of rotatable bonds is 4. The first-order valence-corrected chi connectivity index (χ1v) is 6.42. The third kappa shape index (κ3) is 3.68. The van der Waals surface area contributed by atoms with E-state index in [4.69, 9.17) is 5.73 Å². The minimum absolute atomic E-state index is 0.00425. The minimum atomic E-state index is -0.775. The topological polar surface area (TPSA) is 78.7 Å². The molecule has 0 spiro atoms. The van der Waals surface area contributed by atoms with E-state index < -0.39 is 5.54 Å². The molecule has 0 aliphatic carbocycles. The van der Waals surface area contributed by atoms with E-state index >= 15 is 0 Å². The van der Waals surface area contributed by atoms with Crippen molar-refractivity contribution in [2.45, 2.75) is 25.8 Å². The molecular weight excluding hydrogens is 232 g/mol. The highest BCUT2D eigenvalue weighted by atomic mass is 16.2.